The van der Waals surface area contributed by atoms with Crippen LogP contribution in [0.3, 0.4) is 0 Å². The van der Waals surface area contributed by atoms with Crippen LogP contribution in [0.1, 0.15) is 13.3 Å². The number of hydrogen-bond acceptors (Lipinski definition) is 5. The molecule has 0 rings (SSSR count). The number of nitrogens with two attached hydrogens (primary N) is 1. The highest BCUT2D eigenvalue weighted by atomic mass is 16.5. The standard InChI is InChI=1S/C4H12N2O3/c1-4(5,6-9)2-3(7)8/h3,6-9H,2,5H2,1H3. The van der Waals surface area contributed by atoms with Gasteiger partial charge < -0.3 is 21.2 Å². The Bertz CT molecular complexity index is 83.9. The van der Waals surface area contributed by atoms with Gasteiger partial charge in [-0.05, 0) is 6.92 Å². The molecule has 5 nitrogen and oxygen atoms in total. The van der Waals surface area contributed by atoms with Crippen molar-refractivity contribution in [3.05, 3.63) is 0 Å². The molecule has 0 aliphatic rings. The van der Waals surface area contributed by atoms with Gasteiger partial charge in [0.25, 0.3) is 0 Å². The van der Waals surface area contributed by atoms with Gasteiger partial charge in [0.15, 0.2) is 6.29 Å². The van der Waals surface area contributed by atoms with E-state index in [-0.39, 0.29) is 6.42 Å². The molecular weight excluding hydrogens is 124 g/mol. The van der Waals surface area contributed by atoms with E-state index in [1.807, 2.05) is 0 Å². The molecule has 9 heavy (non-hydrogen) atoms. The molecule has 0 aromatic carbocycles. The summed E-state index contributed by atoms with van der Waals surface area (Å²) in [5, 5.41) is 24.9. The van der Waals surface area contributed by atoms with Gasteiger partial charge in [-0.25, -0.2) is 0 Å². The highest BCUT2D eigenvalue weighted by molar-refractivity contribution is 4.70. The third-order valence-corrected chi connectivity index (χ3v) is 0.862. The summed E-state index contributed by atoms with van der Waals surface area (Å²) < 4.78 is 0. The second kappa shape index (κ2) is 3.09. The molecule has 0 fully saturated rings. The van der Waals surface area contributed by atoms with E-state index in [4.69, 9.17) is 21.2 Å². The molecule has 0 aromatic rings. The van der Waals surface area contributed by atoms with Gasteiger partial charge in [0, 0.05) is 6.42 Å². The average Bonchev–Trinajstić information content (AvgIpc) is 1.63. The summed E-state index contributed by atoms with van der Waals surface area (Å²) in [6, 6.07) is 0. The summed E-state index contributed by atoms with van der Waals surface area (Å²) in [6.07, 6.45) is -1.62. The van der Waals surface area contributed by atoms with Crippen molar-refractivity contribution in [2.45, 2.75) is 25.3 Å². The molecule has 0 amide bonds. The van der Waals surface area contributed by atoms with E-state index in [2.05, 4.69) is 0 Å². The van der Waals surface area contributed by atoms with Crippen molar-refractivity contribution in [2.24, 2.45) is 5.73 Å². The maximum Gasteiger partial charge on any atom is 0.154 e. The van der Waals surface area contributed by atoms with Crippen LogP contribution in [0.5, 0.6) is 0 Å². The number of rotatable bonds is 3. The normalized spacial score (nSPS) is 18.0. The van der Waals surface area contributed by atoms with E-state index < -0.39 is 12.0 Å². The summed E-state index contributed by atoms with van der Waals surface area (Å²) in [6.45, 7) is 1.44. The fourth-order valence-electron chi connectivity index (χ4n) is 0.425. The van der Waals surface area contributed by atoms with Gasteiger partial charge in [0.1, 0.15) is 0 Å². The van der Waals surface area contributed by atoms with E-state index in [0.29, 0.717) is 0 Å². The molecule has 5 heteroatoms. The van der Waals surface area contributed by atoms with Crippen LogP contribution >= 0.6 is 0 Å². The van der Waals surface area contributed by atoms with Gasteiger partial charge >= 0.3 is 0 Å². The summed E-state index contributed by atoms with van der Waals surface area (Å²) >= 11 is 0. The van der Waals surface area contributed by atoms with Crippen molar-refractivity contribution in [1.82, 2.24) is 5.48 Å². The maximum absolute atomic E-state index is 8.34. The van der Waals surface area contributed by atoms with Crippen molar-refractivity contribution in [1.29, 1.82) is 0 Å². The Balaban J connectivity index is 3.58. The SMILES string of the molecule is CC(N)(CC(O)O)NO. The van der Waals surface area contributed by atoms with Crippen molar-refractivity contribution in [3.63, 3.8) is 0 Å². The molecule has 0 saturated heterocycles. The van der Waals surface area contributed by atoms with E-state index in [0.717, 1.165) is 0 Å². The van der Waals surface area contributed by atoms with Crippen LogP contribution in [0.4, 0.5) is 0 Å². The Labute approximate surface area is 53.1 Å². The largest absolute Gasteiger partial charge is 0.368 e. The molecule has 0 heterocycles. The van der Waals surface area contributed by atoms with Crippen LogP contribution in [0, 0.1) is 0 Å². The predicted molar refractivity (Wildman–Crippen MR) is 30.4 cm³/mol. The zero-order valence-corrected chi connectivity index (χ0v) is 5.20. The second-order valence-electron chi connectivity index (χ2n) is 2.21. The third-order valence-electron chi connectivity index (χ3n) is 0.862. The Morgan fingerprint density at radius 1 is 1.67 bits per heavy atom. The number of hydrogen-bond donors (Lipinski definition) is 5. The number of aliphatic hydroxyl groups is 2. The van der Waals surface area contributed by atoms with Crippen LogP contribution in [-0.4, -0.2) is 27.4 Å². The minimum absolute atomic E-state index is 0.122. The first-order valence-electron chi connectivity index (χ1n) is 2.54. The lowest BCUT2D eigenvalue weighted by Crippen LogP contribution is -2.51. The summed E-state index contributed by atoms with van der Waals surface area (Å²) in [7, 11) is 0. The summed E-state index contributed by atoms with van der Waals surface area (Å²) in [5.74, 6) is 0. The molecule has 0 spiro atoms. The average molecular weight is 136 g/mol. The summed E-state index contributed by atoms with van der Waals surface area (Å²) in [4.78, 5) is 0. The van der Waals surface area contributed by atoms with Gasteiger partial charge in [0.05, 0.1) is 5.66 Å². The Hall–Kier alpha value is -0.200. The lowest BCUT2D eigenvalue weighted by molar-refractivity contribution is -0.0771. The van der Waals surface area contributed by atoms with Crippen molar-refractivity contribution >= 4 is 0 Å². The summed E-state index contributed by atoms with van der Waals surface area (Å²) in [5.41, 5.74) is 5.84. The van der Waals surface area contributed by atoms with Crippen molar-refractivity contribution < 1.29 is 15.4 Å². The predicted octanol–water partition coefficient (Wildman–Crippen LogP) is -1.66. The smallest absolute Gasteiger partial charge is 0.154 e. The van der Waals surface area contributed by atoms with Crippen molar-refractivity contribution in [2.75, 3.05) is 0 Å². The minimum Gasteiger partial charge on any atom is -0.368 e. The molecule has 56 valence electrons. The minimum atomic E-state index is -1.50. The van der Waals surface area contributed by atoms with E-state index in [1.165, 1.54) is 6.92 Å². The fraction of sp³-hybridized carbons (Fsp3) is 1.00. The Morgan fingerprint density at radius 2 is 2.11 bits per heavy atom. The highest BCUT2D eigenvalue weighted by Crippen LogP contribution is 2.01. The molecule has 0 saturated carbocycles. The molecule has 0 bridgehead atoms. The molecular formula is C4H12N2O3. The monoisotopic (exact) mass is 136 g/mol. The van der Waals surface area contributed by atoms with Crippen LogP contribution in [0.2, 0.25) is 0 Å². The topological polar surface area (TPSA) is 98.7 Å². The fourth-order valence-corrected chi connectivity index (χ4v) is 0.425. The van der Waals surface area contributed by atoms with Crippen molar-refractivity contribution in [3.8, 4) is 0 Å². The van der Waals surface area contributed by atoms with Crippen LogP contribution in [0.15, 0.2) is 0 Å². The number of nitrogens with one attached hydrogen (secondary N) is 1. The third kappa shape index (κ3) is 4.31. The highest BCUT2D eigenvalue weighted by Gasteiger charge is 2.19. The number of hydroxylamine groups is 1. The van der Waals surface area contributed by atoms with Crippen LogP contribution in [-0.2, 0) is 0 Å². The molecule has 0 radical (unpaired) electrons. The first-order valence-corrected chi connectivity index (χ1v) is 2.54. The second-order valence-corrected chi connectivity index (χ2v) is 2.21. The molecule has 0 aliphatic heterocycles. The van der Waals surface area contributed by atoms with Gasteiger partial charge in [0.2, 0.25) is 0 Å². The number of aliphatic hydroxyl groups excluding tert-OH is 1. The molecule has 6 N–H and O–H groups in total. The molecule has 0 aromatic heterocycles. The quantitative estimate of drug-likeness (QED) is 0.236. The molecule has 1 unspecified atom stereocenters. The van der Waals surface area contributed by atoms with Gasteiger partial charge in [-0.15, -0.1) is 0 Å². The van der Waals surface area contributed by atoms with E-state index in [9.17, 15) is 0 Å². The first kappa shape index (κ1) is 8.80. The first-order chi connectivity index (χ1) is 3.98. The van der Waals surface area contributed by atoms with Gasteiger partial charge in [-0.2, -0.15) is 5.48 Å². The molecule has 0 aliphatic carbocycles. The zero-order chi connectivity index (χ0) is 7.49. The zero-order valence-electron chi connectivity index (χ0n) is 5.20. The van der Waals surface area contributed by atoms with Gasteiger partial charge in [-0.3, -0.25) is 0 Å². The van der Waals surface area contributed by atoms with Crippen LogP contribution in [0.25, 0.3) is 0 Å². The maximum atomic E-state index is 8.34. The Morgan fingerprint density at radius 3 is 2.22 bits per heavy atom. The lowest BCUT2D eigenvalue weighted by atomic mass is 10.1. The Kier molecular flexibility index (Phi) is 3.02. The van der Waals surface area contributed by atoms with Crippen LogP contribution < -0.4 is 11.2 Å². The van der Waals surface area contributed by atoms with E-state index in [1.54, 1.807) is 5.48 Å². The van der Waals surface area contributed by atoms with Gasteiger partial charge in [-0.1, -0.05) is 0 Å². The lowest BCUT2D eigenvalue weighted by Gasteiger charge is -2.22. The molecule has 1 atom stereocenters. The van der Waals surface area contributed by atoms with E-state index >= 15 is 0 Å².